The Kier molecular flexibility index (Phi) is 2.73. The Morgan fingerprint density at radius 3 is 3.07 bits per heavy atom. The number of hydrogen-bond donors (Lipinski definition) is 2. The fourth-order valence-corrected chi connectivity index (χ4v) is 1.85. The second-order valence-corrected chi connectivity index (χ2v) is 3.96. The normalized spacial score (nSPS) is 25.5. The first-order valence-corrected chi connectivity index (χ1v) is 5.14. The van der Waals surface area contributed by atoms with Gasteiger partial charge < -0.3 is 9.84 Å². The van der Waals surface area contributed by atoms with Crippen LogP contribution < -0.4 is 10.6 Å². The van der Waals surface area contributed by atoms with Gasteiger partial charge in [-0.05, 0) is 26.8 Å². The summed E-state index contributed by atoms with van der Waals surface area (Å²) in [6.45, 7) is 4.73. The zero-order chi connectivity index (χ0) is 10.8. The van der Waals surface area contributed by atoms with E-state index in [1.165, 1.54) is 0 Å². The van der Waals surface area contributed by atoms with Crippen LogP contribution in [0.1, 0.15) is 19.0 Å². The van der Waals surface area contributed by atoms with Gasteiger partial charge in [0.05, 0.1) is 11.6 Å². The lowest BCUT2D eigenvalue weighted by atomic mass is 10.0. The fourth-order valence-electron chi connectivity index (χ4n) is 1.85. The van der Waals surface area contributed by atoms with Gasteiger partial charge in [0.1, 0.15) is 0 Å². The standard InChI is InChI=1S/C10H15N3O2/c1-6-5-9(15-13-6)12-10(14)8-3-4-11-7(8)2/h5,7-8,11H,3-4H2,1-2H3,(H,12,14). The number of nitrogens with one attached hydrogen (secondary N) is 2. The highest BCUT2D eigenvalue weighted by Crippen LogP contribution is 2.18. The van der Waals surface area contributed by atoms with E-state index in [0.29, 0.717) is 5.88 Å². The Labute approximate surface area is 88.2 Å². The van der Waals surface area contributed by atoms with Crippen molar-refractivity contribution in [1.29, 1.82) is 0 Å². The molecule has 5 nitrogen and oxygen atoms in total. The Morgan fingerprint density at radius 2 is 2.53 bits per heavy atom. The monoisotopic (exact) mass is 209 g/mol. The van der Waals surface area contributed by atoms with Crippen LogP contribution in [0.4, 0.5) is 5.88 Å². The molecule has 1 aromatic heterocycles. The molecule has 2 heterocycles. The molecule has 0 aromatic carbocycles. The van der Waals surface area contributed by atoms with Gasteiger partial charge in [-0.25, -0.2) is 0 Å². The van der Waals surface area contributed by atoms with E-state index in [4.69, 9.17) is 4.52 Å². The van der Waals surface area contributed by atoms with Gasteiger partial charge in [0.15, 0.2) is 0 Å². The maximum absolute atomic E-state index is 11.8. The van der Waals surface area contributed by atoms with Gasteiger partial charge in [0.25, 0.3) is 0 Å². The predicted molar refractivity (Wildman–Crippen MR) is 55.4 cm³/mol. The summed E-state index contributed by atoms with van der Waals surface area (Å²) in [6, 6.07) is 1.94. The number of amides is 1. The molecule has 1 amide bonds. The number of aryl methyl sites for hydroxylation is 1. The number of carbonyl (C=O) groups excluding carboxylic acids is 1. The summed E-state index contributed by atoms with van der Waals surface area (Å²) >= 11 is 0. The predicted octanol–water partition coefficient (Wildman–Crippen LogP) is 0.920. The van der Waals surface area contributed by atoms with Gasteiger partial charge in [0.2, 0.25) is 11.8 Å². The lowest BCUT2D eigenvalue weighted by molar-refractivity contribution is -0.120. The number of nitrogens with zero attached hydrogens (tertiary/aromatic N) is 1. The summed E-state index contributed by atoms with van der Waals surface area (Å²) in [5.41, 5.74) is 0.767. The molecule has 0 bridgehead atoms. The highest BCUT2D eigenvalue weighted by molar-refractivity contribution is 5.92. The van der Waals surface area contributed by atoms with Crippen LogP contribution in [-0.4, -0.2) is 23.7 Å². The van der Waals surface area contributed by atoms with E-state index < -0.39 is 0 Å². The quantitative estimate of drug-likeness (QED) is 0.760. The van der Waals surface area contributed by atoms with Crippen LogP contribution in [0, 0.1) is 12.8 Å². The molecule has 0 aliphatic carbocycles. The number of hydrogen-bond acceptors (Lipinski definition) is 4. The molecule has 1 aromatic rings. The van der Waals surface area contributed by atoms with Crippen LogP contribution in [0.15, 0.2) is 10.6 Å². The molecule has 1 aliphatic heterocycles. The van der Waals surface area contributed by atoms with Gasteiger partial charge >= 0.3 is 0 Å². The molecule has 82 valence electrons. The van der Waals surface area contributed by atoms with E-state index in [0.717, 1.165) is 18.7 Å². The Balaban J connectivity index is 1.97. The fraction of sp³-hybridized carbons (Fsp3) is 0.600. The van der Waals surface area contributed by atoms with E-state index >= 15 is 0 Å². The van der Waals surface area contributed by atoms with Crippen molar-refractivity contribution >= 4 is 11.8 Å². The summed E-state index contributed by atoms with van der Waals surface area (Å²) < 4.78 is 4.93. The molecule has 0 spiro atoms. The molecule has 2 rings (SSSR count). The van der Waals surface area contributed by atoms with E-state index in [1.807, 2.05) is 13.8 Å². The van der Waals surface area contributed by atoms with Crippen LogP contribution in [0.25, 0.3) is 0 Å². The first-order valence-electron chi connectivity index (χ1n) is 5.14. The topological polar surface area (TPSA) is 67.2 Å². The average molecular weight is 209 g/mol. The Morgan fingerprint density at radius 1 is 1.73 bits per heavy atom. The molecule has 5 heteroatoms. The first kappa shape index (κ1) is 10.2. The molecular weight excluding hydrogens is 194 g/mol. The lowest BCUT2D eigenvalue weighted by Crippen LogP contribution is -2.31. The van der Waals surface area contributed by atoms with Crippen molar-refractivity contribution in [2.45, 2.75) is 26.3 Å². The second-order valence-electron chi connectivity index (χ2n) is 3.96. The minimum absolute atomic E-state index is 0.00338. The number of rotatable bonds is 2. The van der Waals surface area contributed by atoms with Crippen LogP contribution in [-0.2, 0) is 4.79 Å². The molecule has 1 saturated heterocycles. The number of anilines is 1. The van der Waals surface area contributed by atoms with Crippen molar-refractivity contribution in [3.05, 3.63) is 11.8 Å². The zero-order valence-electron chi connectivity index (χ0n) is 8.91. The molecular formula is C10H15N3O2. The largest absolute Gasteiger partial charge is 0.338 e. The first-order chi connectivity index (χ1) is 7.16. The molecule has 15 heavy (non-hydrogen) atoms. The number of aromatic nitrogens is 1. The maximum atomic E-state index is 11.8. The average Bonchev–Trinajstić information content (AvgIpc) is 2.75. The summed E-state index contributed by atoms with van der Waals surface area (Å²) in [4.78, 5) is 11.8. The van der Waals surface area contributed by atoms with Crippen molar-refractivity contribution < 1.29 is 9.32 Å². The van der Waals surface area contributed by atoms with Gasteiger partial charge in [-0.15, -0.1) is 0 Å². The molecule has 2 atom stereocenters. The molecule has 1 fully saturated rings. The Bertz CT molecular complexity index is 361. The van der Waals surface area contributed by atoms with E-state index in [9.17, 15) is 4.79 Å². The molecule has 2 N–H and O–H groups in total. The third-order valence-corrected chi connectivity index (χ3v) is 2.74. The van der Waals surface area contributed by atoms with Crippen LogP contribution in [0.2, 0.25) is 0 Å². The zero-order valence-corrected chi connectivity index (χ0v) is 8.91. The van der Waals surface area contributed by atoms with Crippen LogP contribution in [0.3, 0.4) is 0 Å². The summed E-state index contributed by atoms with van der Waals surface area (Å²) in [6.07, 6.45) is 0.875. The molecule has 0 radical (unpaired) electrons. The second kappa shape index (κ2) is 4.02. The van der Waals surface area contributed by atoms with Crippen molar-refractivity contribution in [3.63, 3.8) is 0 Å². The van der Waals surface area contributed by atoms with Crippen molar-refractivity contribution in [2.24, 2.45) is 5.92 Å². The van der Waals surface area contributed by atoms with Crippen LogP contribution >= 0.6 is 0 Å². The minimum Gasteiger partial charge on any atom is -0.338 e. The van der Waals surface area contributed by atoms with E-state index in [2.05, 4.69) is 15.8 Å². The Hall–Kier alpha value is -1.36. The summed E-state index contributed by atoms with van der Waals surface area (Å²) in [5, 5.41) is 9.67. The molecule has 2 unspecified atom stereocenters. The van der Waals surface area contributed by atoms with E-state index in [1.54, 1.807) is 6.07 Å². The van der Waals surface area contributed by atoms with Gasteiger partial charge in [-0.3, -0.25) is 10.1 Å². The molecule has 0 saturated carbocycles. The summed E-state index contributed by atoms with van der Waals surface area (Å²) in [5.74, 6) is 0.454. The van der Waals surface area contributed by atoms with Crippen LogP contribution in [0.5, 0.6) is 0 Å². The van der Waals surface area contributed by atoms with Crippen molar-refractivity contribution in [2.75, 3.05) is 11.9 Å². The van der Waals surface area contributed by atoms with Crippen molar-refractivity contribution in [3.8, 4) is 0 Å². The number of carbonyl (C=O) groups is 1. The lowest BCUT2D eigenvalue weighted by Gasteiger charge is -2.12. The maximum Gasteiger partial charge on any atom is 0.231 e. The third-order valence-electron chi connectivity index (χ3n) is 2.74. The smallest absolute Gasteiger partial charge is 0.231 e. The third kappa shape index (κ3) is 2.18. The molecule has 1 aliphatic rings. The van der Waals surface area contributed by atoms with Gasteiger partial charge in [-0.2, -0.15) is 0 Å². The summed E-state index contributed by atoms with van der Waals surface area (Å²) in [7, 11) is 0. The van der Waals surface area contributed by atoms with Crippen molar-refractivity contribution in [1.82, 2.24) is 10.5 Å². The highest BCUT2D eigenvalue weighted by Gasteiger charge is 2.29. The van der Waals surface area contributed by atoms with E-state index in [-0.39, 0.29) is 17.9 Å². The minimum atomic E-state index is 0.00338. The van der Waals surface area contributed by atoms with Gasteiger partial charge in [-0.1, -0.05) is 5.16 Å². The highest BCUT2D eigenvalue weighted by atomic mass is 16.5. The van der Waals surface area contributed by atoms with Gasteiger partial charge in [0, 0.05) is 12.1 Å². The SMILES string of the molecule is Cc1cc(NC(=O)C2CCNC2C)on1.